The Labute approximate surface area is 102 Å². The minimum atomic E-state index is -0.257. The van der Waals surface area contributed by atoms with E-state index in [1.165, 1.54) is 0 Å². The first-order valence-electron chi connectivity index (χ1n) is 5.41. The highest BCUT2D eigenvalue weighted by atomic mass is 16.5. The highest BCUT2D eigenvalue weighted by Crippen LogP contribution is 2.11. The molecular weight excluding hydrogens is 232 g/mol. The number of pyridine rings is 1. The Morgan fingerprint density at radius 2 is 2.33 bits per heavy atom. The van der Waals surface area contributed by atoms with Gasteiger partial charge in [-0.15, -0.1) is 0 Å². The molecule has 0 aromatic carbocycles. The van der Waals surface area contributed by atoms with Crippen LogP contribution in [-0.4, -0.2) is 20.4 Å². The number of carbonyl (C=O) groups is 1. The van der Waals surface area contributed by atoms with Crippen molar-refractivity contribution in [1.29, 1.82) is 0 Å². The molecule has 0 saturated carbocycles. The predicted molar refractivity (Wildman–Crippen MR) is 64.4 cm³/mol. The van der Waals surface area contributed by atoms with E-state index in [0.29, 0.717) is 17.3 Å². The van der Waals surface area contributed by atoms with Gasteiger partial charge >= 0.3 is 0 Å². The van der Waals surface area contributed by atoms with Crippen molar-refractivity contribution in [3.05, 3.63) is 48.1 Å². The normalized spacial score (nSPS) is 10.7. The third-order valence-electron chi connectivity index (χ3n) is 2.53. The SMILES string of the molecule is Cc1cc(NC(=O)c2cccc3nccn23)no1. The van der Waals surface area contributed by atoms with Gasteiger partial charge in [0.25, 0.3) is 5.91 Å². The van der Waals surface area contributed by atoms with Gasteiger partial charge in [-0.25, -0.2) is 4.98 Å². The van der Waals surface area contributed by atoms with Crippen molar-refractivity contribution in [3.8, 4) is 0 Å². The Morgan fingerprint density at radius 3 is 3.11 bits per heavy atom. The van der Waals surface area contributed by atoms with Crippen LogP contribution in [0.2, 0.25) is 0 Å². The summed E-state index contributed by atoms with van der Waals surface area (Å²) in [4.78, 5) is 16.2. The van der Waals surface area contributed by atoms with Crippen LogP contribution >= 0.6 is 0 Å². The summed E-state index contributed by atoms with van der Waals surface area (Å²) in [5.41, 5.74) is 1.21. The summed E-state index contributed by atoms with van der Waals surface area (Å²) in [5, 5.41) is 6.39. The van der Waals surface area contributed by atoms with E-state index >= 15 is 0 Å². The van der Waals surface area contributed by atoms with E-state index in [1.807, 2.05) is 6.07 Å². The molecule has 6 heteroatoms. The molecule has 3 aromatic heterocycles. The number of fused-ring (bicyclic) bond motifs is 1. The van der Waals surface area contributed by atoms with E-state index in [0.717, 1.165) is 5.65 Å². The number of imidazole rings is 1. The van der Waals surface area contributed by atoms with Crippen LogP contribution in [0.5, 0.6) is 0 Å². The van der Waals surface area contributed by atoms with Crippen LogP contribution in [0, 0.1) is 6.92 Å². The zero-order valence-electron chi connectivity index (χ0n) is 9.62. The summed E-state index contributed by atoms with van der Waals surface area (Å²) in [7, 11) is 0. The number of carbonyl (C=O) groups excluding carboxylic acids is 1. The highest BCUT2D eigenvalue weighted by Gasteiger charge is 2.12. The first-order chi connectivity index (χ1) is 8.74. The number of anilines is 1. The van der Waals surface area contributed by atoms with Crippen molar-refractivity contribution < 1.29 is 9.32 Å². The molecular formula is C12H10N4O2. The van der Waals surface area contributed by atoms with Gasteiger partial charge in [0.2, 0.25) is 0 Å². The molecule has 90 valence electrons. The largest absolute Gasteiger partial charge is 0.360 e. The van der Waals surface area contributed by atoms with Gasteiger partial charge in [-0.05, 0) is 19.1 Å². The van der Waals surface area contributed by atoms with Gasteiger partial charge in [-0.2, -0.15) is 0 Å². The van der Waals surface area contributed by atoms with Crippen LogP contribution in [0.25, 0.3) is 5.65 Å². The molecule has 18 heavy (non-hydrogen) atoms. The van der Waals surface area contributed by atoms with Gasteiger partial charge in [0.1, 0.15) is 17.1 Å². The zero-order chi connectivity index (χ0) is 12.5. The van der Waals surface area contributed by atoms with E-state index in [9.17, 15) is 4.79 Å². The fraction of sp³-hybridized carbons (Fsp3) is 0.0833. The van der Waals surface area contributed by atoms with Crippen LogP contribution in [0.1, 0.15) is 16.2 Å². The number of aryl methyl sites for hydroxylation is 1. The van der Waals surface area contributed by atoms with Crippen molar-refractivity contribution in [2.45, 2.75) is 6.92 Å². The lowest BCUT2D eigenvalue weighted by atomic mass is 10.3. The minimum absolute atomic E-state index is 0.257. The third kappa shape index (κ3) is 1.73. The topological polar surface area (TPSA) is 72.4 Å². The fourth-order valence-electron chi connectivity index (χ4n) is 1.74. The van der Waals surface area contributed by atoms with Gasteiger partial charge in [0.05, 0.1) is 0 Å². The summed E-state index contributed by atoms with van der Waals surface area (Å²) in [6.45, 7) is 1.76. The minimum Gasteiger partial charge on any atom is -0.360 e. The number of hydrogen-bond acceptors (Lipinski definition) is 4. The quantitative estimate of drug-likeness (QED) is 0.744. The van der Waals surface area contributed by atoms with Crippen LogP contribution in [0.4, 0.5) is 5.82 Å². The van der Waals surface area contributed by atoms with E-state index in [1.54, 1.807) is 41.9 Å². The average Bonchev–Trinajstić information content (AvgIpc) is 2.97. The van der Waals surface area contributed by atoms with Crippen LogP contribution in [0.15, 0.2) is 41.2 Å². The molecule has 0 unspecified atom stereocenters. The lowest BCUT2D eigenvalue weighted by Crippen LogP contribution is -2.15. The molecule has 0 aliphatic rings. The number of hydrogen-bond donors (Lipinski definition) is 1. The molecule has 3 rings (SSSR count). The van der Waals surface area contributed by atoms with Gasteiger partial charge in [0, 0.05) is 18.5 Å². The fourth-order valence-corrected chi connectivity index (χ4v) is 1.74. The Kier molecular flexibility index (Phi) is 2.33. The third-order valence-corrected chi connectivity index (χ3v) is 2.53. The summed E-state index contributed by atoms with van der Waals surface area (Å²) < 4.78 is 6.60. The maximum Gasteiger partial charge on any atom is 0.273 e. The van der Waals surface area contributed by atoms with Crippen molar-refractivity contribution in [1.82, 2.24) is 14.5 Å². The number of nitrogens with zero attached hydrogens (tertiary/aromatic N) is 3. The first kappa shape index (κ1) is 10.5. The molecule has 0 fully saturated rings. The Morgan fingerprint density at radius 1 is 1.44 bits per heavy atom. The smallest absolute Gasteiger partial charge is 0.273 e. The monoisotopic (exact) mass is 242 g/mol. The molecule has 0 saturated heterocycles. The Hall–Kier alpha value is -2.63. The van der Waals surface area contributed by atoms with Crippen LogP contribution < -0.4 is 5.32 Å². The molecule has 0 radical (unpaired) electrons. The second kappa shape index (κ2) is 3.99. The number of aromatic nitrogens is 3. The van der Waals surface area contributed by atoms with Crippen molar-refractivity contribution >= 4 is 17.4 Å². The number of amides is 1. The lowest BCUT2D eigenvalue weighted by molar-refractivity contribution is 0.102. The maximum absolute atomic E-state index is 12.1. The molecule has 6 nitrogen and oxygen atoms in total. The molecule has 0 bridgehead atoms. The van der Waals surface area contributed by atoms with E-state index < -0.39 is 0 Å². The molecule has 0 spiro atoms. The molecule has 3 heterocycles. The van der Waals surface area contributed by atoms with Crippen LogP contribution in [-0.2, 0) is 0 Å². The van der Waals surface area contributed by atoms with Crippen molar-refractivity contribution in [2.24, 2.45) is 0 Å². The van der Waals surface area contributed by atoms with Gasteiger partial charge < -0.3 is 9.84 Å². The molecule has 1 amide bonds. The number of rotatable bonds is 2. The van der Waals surface area contributed by atoms with Gasteiger partial charge in [-0.3, -0.25) is 9.20 Å². The average molecular weight is 242 g/mol. The molecule has 0 atom stereocenters. The van der Waals surface area contributed by atoms with Gasteiger partial charge in [-0.1, -0.05) is 11.2 Å². The second-order valence-corrected chi connectivity index (χ2v) is 3.84. The molecule has 0 aliphatic heterocycles. The Bertz CT molecular complexity index is 714. The first-order valence-corrected chi connectivity index (χ1v) is 5.41. The van der Waals surface area contributed by atoms with Crippen molar-refractivity contribution in [2.75, 3.05) is 5.32 Å². The van der Waals surface area contributed by atoms with E-state index in [2.05, 4.69) is 15.5 Å². The Balaban J connectivity index is 1.94. The summed E-state index contributed by atoms with van der Waals surface area (Å²) in [5.74, 6) is 0.785. The zero-order valence-corrected chi connectivity index (χ0v) is 9.62. The second-order valence-electron chi connectivity index (χ2n) is 3.84. The van der Waals surface area contributed by atoms with E-state index in [4.69, 9.17) is 4.52 Å². The highest BCUT2D eigenvalue weighted by molar-refractivity contribution is 6.02. The molecule has 3 aromatic rings. The number of nitrogens with one attached hydrogen (secondary N) is 1. The van der Waals surface area contributed by atoms with Crippen molar-refractivity contribution in [3.63, 3.8) is 0 Å². The molecule has 1 N–H and O–H groups in total. The predicted octanol–water partition coefficient (Wildman–Crippen LogP) is 1.88. The summed E-state index contributed by atoms with van der Waals surface area (Å²) >= 11 is 0. The molecule has 0 aliphatic carbocycles. The summed E-state index contributed by atoms with van der Waals surface area (Å²) in [6.07, 6.45) is 3.38. The summed E-state index contributed by atoms with van der Waals surface area (Å²) in [6, 6.07) is 6.99. The standard InChI is InChI=1S/C12H10N4O2/c1-8-7-10(15-18-8)14-12(17)9-3-2-4-11-13-5-6-16(9)11/h2-7H,1H3,(H,14,15,17). The van der Waals surface area contributed by atoms with Crippen LogP contribution in [0.3, 0.4) is 0 Å². The van der Waals surface area contributed by atoms with E-state index in [-0.39, 0.29) is 5.91 Å². The maximum atomic E-state index is 12.1. The van der Waals surface area contributed by atoms with Gasteiger partial charge in [0.15, 0.2) is 5.82 Å². The lowest BCUT2D eigenvalue weighted by Gasteiger charge is -2.04.